The second kappa shape index (κ2) is 5.83. The van der Waals surface area contributed by atoms with Gasteiger partial charge in [-0.05, 0) is 40.1 Å². The Kier molecular flexibility index (Phi) is 4.72. The van der Waals surface area contributed by atoms with Crippen LogP contribution in [0.3, 0.4) is 0 Å². The van der Waals surface area contributed by atoms with E-state index in [0.717, 1.165) is 24.5 Å². The zero-order chi connectivity index (χ0) is 11.3. The number of aromatic nitrogens is 1. The minimum absolute atomic E-state index is 0.551. The molecule has 0 aliphatic rings. The predicted molar refractivity (Wildman–Crippen MR) is 63.8 cm³/mol. The van der Waals surface area contributed by atoms with Crippen LogP contribution in [0.5, 0.6) is 0 Å². The van der Waals surface area contributed by atoms with Crippen LogP contribution < -0.4 is 5.32 Å². The van der Waals surface area contributed by atoms with Crippen molar-refractivity contribution in [2.24, 2.45) is 0 Å². The Morgan fingerprint density at radius 3 is 2.73 bits per heavy atom. The van der Waals surface area contributed by atoms with E-state index in [9.17, 15) is 0 Å². The van der Waals surface area contributed by atoms with Crippen molar-refractivity contribution in [1.29, 1.82) is 0 Å². The van der Waals surface area contributed by atoms with Crippen LogP contribution in [0.4, 0.5) is 0 Å². The van der Waals surface area contributed by atoms with Gasteiger partial charge in [-0.15, -0.1) is 0 Å². The van der Waals surface area contributed by atoms with Crippen molar-refractivity contribution in [3.8, 4) is 0 Å². The van der Waals surface area contributed by atoms with Gasteiger partial charge in [0.15, 0.2) is 0 Å². The van der Waals surface area contributed by atoms with Gasteiger partial charge in [-0.25, -0.2) is 0 Å². The van der Waals surface area contributed by atoms with Gasteiger partial charge >= 0.3 is 0 Å². The summed E-state index contributed by atoms with van der Waals surface area (Å²) in [5.74, 6) is 0. The quantitative estimate of drug-likeness (QED) is 0.791. The molecule has 3 heteroatoms. The van der Waals surface area contributed by atoms with Gasteiger partial charge in [0.05, 0.1) is 5.69 Å². The Bertz CT molecular complexity index is 297. The van der Waals surface area contributed by atoms with Crippen molar-refractivity contribution in [3.63, 3.8) is 0 Å². The first kappa shape index (κ1) is 12.1. The number of hydrogen-bond acceptors (Lipinski definition) is 3. The van der Waals surface area contributed by atoms with Crippen LogP contribution in [0.1, 0.15) is 18.3 Å². The first-order chi connectivity index (χ1) is 7.09. The maximum absolute atomic E-state index is 4.44. The van der Waals surface area contributed by atoms with Crippen molar-refractivity contribution < 1.29 is 0 Å². The van der Waals surface area contributed by atoms with E-state index < -0.39 is 0 Å². The van der Waals surface area contributed by atoms with Crippen molar-refractivity contribution in [1.82, 2.24) is 15.2 Å². The highest BCUT2D eigenvalue weighted by Crippen LogP contribution is 1.97. The smallest absolute Gasteiger partial charge is 0.0544 e. The van der Waals surface area contributed by atoms with Crippen molar-refractivity contribution in [2.75, 3.05) is 20.6 Å². The number of rotatable bonds is 5. The lowest BCUT2D eigenvalue weighted by Gasteiger charge is -2.19. The number of nitrogens with zero attached hydrogens (tertiary/aromatic N) is 2. The Balaban J connectivity index is 2.32. The van der Waals surface area contributed by atoms with Crippen LogP contribution in [-0.4, -0.2) is 36.6 Å². The third-order valence-corrected chi connectivity index (χ3v) is 2.57. The van der Waals surface area contributed by atoms with E-state index in [2.05, 4.69) is 48.4 Å². The highest BCUT2D eigenvalue weighted by Gasteiger charge is 2.03. The van der Waals surface area contributed by atoms with E-state index in [1.807, 2.05) is 13.0 Å². The van der Waals surface area contributed by atoms with Gasteiger partial charge in [0.25, 0.3) is 0 Å². The molecule has 15 heavy (non-hydrogen) atoms. The topological polar surface area (TPSA) is 28.2 Å². The monoisotopic (exact) mass is 207 g/mol. The molecule has 1 heterocycles. The van der Waals surface area contributed by atoms with Gasteiger partial charge in [-0.2, -0.15) is 0 Å². The zero-order valence-electron chi connectivity index (χ0n) is 10.1. The first-order valence-corrected chi connectivity index (χ1v) is 5.39. The van der Waals surface area contributed by atoms with Crippen LogP contribution in [0.25, 0.3) is 0 Å². The Labute approximate surface area is 92.5 Å². The molecule has 0 saturated carbocycles. The number of hydrogen-bond donors (Lipinski definition) is 1. The summed E-state index contributed by atoms with van der Waals surface area (Å²) in [5.41, 5.74) is 2.19. The predicted octanol–water partition coefficient (Wildman–Crippen LogP) is 1.43. The van der Waals surface area contributed by atoms with Crippen molar-refractivity contribution in [3.05, 3.63) is 29.6 Å². The summed E-state index contributed by atoms with van der Waals surface area (Å²) in [7, 11) is 4.19. The Hall–Kier alpha value is -0.930. The highest BCUT2D eigenvalue weighted by atomic mass is 15.1. The molecule has 1 atom stereocenters. The van der Waals surface area contributed by atoms with Crippen LogP contribution in [-0.2, 0) is 6.54 Å². The molecule has 1 rings (SSSR count). The average molecular weight is 207 g/mol. The summed E-state index contributed by atoms with van der Waals surface area (Å²) < 4.78 is 0. The minimum atomic E-state index is 0.551. The fourth-order valence-corrected chi connectivity index (χ4v) is 1.29. The molecule has 0 amide bonds. The molecule has 1 unspecified atom stereocenters. The number of aryl methyl sites for hydroxylation is 1. The van der Waals surface area contributed by atoms with E-state index >= 15 is 0 Å². The molecule has 0 aliphatic carbocycles. The summed E-state index contributed by atoms with van der Waals surface area (Å²) in [6.07, 6.45) is 0. The van der Waals surface area contributed by atoms with Crippen LogP contribution in [0.15, 0.2) is 18.2 Å². The third kappa shape index (κ3) is 4.40. The number of likely N-dealkylation sites (N-methyl/N-ethyl adjacent to an activating group) is 1. The normalized spacial score (nSPS) is 13.1. The molecular weight excluding hydrogens is 186 g/mol. The zero-order valence-corrected chi connectivity index (χ0v) is 10.1. The number of pyridine rings is 1. The van der Waals surface area contributed by atoms with Crippen molar-refractivity contribution in [2.45, 2.75) is 26.4 Å². The van der Waals surface area contributed by atoms with E-state index in [4.69, 9.17) is 0 Å². The fraction of sp³-hybridized carbons (Fsp3) is 0.583. The standard InChI is InChI=1S/C12H21N3/c1-10-6-5-7-12(14-10)9-13-8-11(2)15(3)4/h5-7,11,13H,8-9H2,1-4H3. The molecule has 84 valence electrons. The molecule has 1 N–H and O–H groups in total. The summed E-state index contributed by atoms with van der Waals surface area (Å²) >= 11 is 0. The SMILES string of the molecule is Cc1cccc(CNCC(C)N(C)C)n1. The molecule has 0 aliphatic heterocycles. The van der Waals surface area contributed by atoms with E-state index in [1.165, 1.54) is 0 Å². The minimum Gasteiger partial charge on any atom is -0.310 e. The fourth-order valence-electron chi connectivity index (χ4n) is 1.29. The van der Waals surface area contributed by atoms with Gasteiger partial charge in [0.1, 0.15) is 0 Å². The lowest BCUT2D eigenvalue weighted by atomic mass is 10.3. The van der Waals surface area contributed by atoms with Crippen LogP contribution in [0, 0.1) is 6.92 Å². The maximum atomic E-state index is 4.44. The lowest BCUT2D eigenvalue weighted by Crippen LogP contribution is -2.35. The summed E-state index contributed by atoms with van der Waals surface area (Å²) in [6.45, 7) is 6.06. The number of nitrogens with one attached hydrogen (secondary N) is 1. The van der Waals surface area contributed by atoms with E-state index in [1.54, 1.807) is 0 Å². The first-order valence-electron chi connectivity index (χ1n) is 5.39. The molecule has 0 spiro atoms. The van der Waals surface area contributed by atoms with Gasteiger partial charge < -0.3 is 10.2 Å². The van der Waals surface area contributed by atoms with Gasteiger partial charge in [-0.3, -0.25) is 4.98 Å². The third-order valence-electron chi connectivity index (χ3n) is 2.57. The average Bonchev–Trinajstić information content (AvgIpc) is 2.17. The highest BCUT2D eigenvalue weighted by molar-refractivity contribution is 5.09. The molecule has 1 aromatic heterocycles. The van der Waals surface area contributed by atoms with E-state index in [-0.39, 0.29) is 0 Å². The molecule has 0 radical (unpaired) electrons. The van der Waals surface area contributed by atoms with Gasteiger partial charge in [0.2, 0.25) is 0 Å². The van der Waals surface area contributed by atoms with Gasteiger partial charge in [0, 0.05) is 24.8 Å². The van der Waals surface area contributed by atoms with Crippen LogP contribution in [0.2, 0.25) is 0 Å². The van der Waals surface area contributed by atoms with Gasteiger partial charge in [-0.1, -0.05) is 6.07 Å². The summed E-state index contributed by atoms with van der Waals surface area (Å²) in [6, 6.07) is 6.68. The maximum Gasteiger partial charge on any atom is 0.0544 e. The summed E-state index contributed by atoms with van der Waals surface area (Å²) in [4.78, 5) is 6.64. The second-order valence-corrected chi connectivity index (χ2v) is 4.21. The second-order valence-electron chi connectivity index (χ2n) is 4.21. The molecule has 0 saturated heterocycles. The molecular formula is C12H21N3. The molecule has 1 aromatic rings. The Morgan fingerprint density at radius 1 is 1.40 bits per heavy atom. The summed E-state index contributed by atoms with van der Waals surface area (Å²) in [5, 5.41) is 3.41. The van der Waals surface area contributed by atoms with Crippen molar-refractivity contribution >= 4 is 0 Å². The molecule has 0 bridgehead atoms. The Morgan fingerprint density at radius 2 is 2.13 bits per heavy atom. The largest absolute Gasteiger partial charge is 0.310 e. The lowest BCUT2D eigenvalue weighted by molar-refractivity contribution is 0.302. The molecule has 0 aromatic carbocycles. The molecule has 3 nitrogen and oxygen atoms in total. The van der Waals surface area contributed by atoms with Crippen LogP contribution >= 0.6 is 0 Å². The molecule has 0 fully saturated rings. The van der Waals surface area contributed by atoms with E-state index in [0.29, 0.717) is 6.04 Å².